The minimum absolute atomic E-state index is 0.120. The molecule has 0 saturated carbocycles. The molecule has 0 amide bonds. The van der Waals surface area contributed by atoms with Gasteiger partial charge in [-0.3, -0.25) is 0 Å². The number of benzene rings is 1. The molecule has 0 radical (unpaired) electrons. The van der Waals surface area contributed by atoms with Crippen LogP contribution in [0.2, 0.25) is 5.02 Å². The normalized spacial score (nSPS) is 16.4. The van der Waals surface area contributed by atoms with Gasteiger partial charge < -0.3 is 4.74 Å². The number of hydrogen-bond donors (Lipinski definition) is 0. The van der Waals surface area contributed by atoms with E-state index in [-0.39, 0.29) is 5.75 Å². The molecule has 17 heavy (non-hydrogen) atoms. The molecule has 3 nitrogen and oxygen atoms in total. The number of fused-ring (bicyclic) bond motifs is 1. The molecular weight excluding hydrogens is 283 g/mol. The van der Waals surface area contributed by atoms with Crippen LogP contribution < -0.4 is 4.74 Å². The van der Waals surface area contributed by atoms with Crippen LogP contribution in [0.25, 0.3) is 0 Å². The lowest BCUT2D eigenvalue weighted by Gasteiger charge is -2.13. The average molecular weight is 295 g/mol. The van der Waals surface area contributed by atoms with Crippen molar-refractivity contribution in [2.75, 3.05) is 18.6 Å². The maximum atomic E-state index is 11.2. The van der Waals surface area contributed by atoms with E-state index in [4.69, 9.17) is 27.9 Å². The maximum absolute atomic E-state index is 11.2. The molecule has 0 N–H and O–H groups in total. The highest BCUT2D eigenvalue weighted by molar-refractivity contribution is 7.90. The Morgan fingerprint density at radius 1 is 1.47 bits per heavy atom. The zero-order valence-corrected chi connectivity index (χ0v) is 11.6. The minimum Gasteiger partial charge on any atom is -0.493 e. The quantitative estimate of drug-likeness (QED) is 0.805. The predicted molar refractivity (Wildman–Crippen MR) is 69.0 cm³/mol. The average Bonchev–Trinajstić information content (AvgIpc) is 2.60. The Morgan fingerprint density at radius 2 is 2.18 bits per heavy atom. The Balaban J connectivity index is 2.38. The summed E-state index contributed by atoms with van der Waals surface area (Å²) in [5.41, 5.74) is 1.66. The monoisotopic (exact) mass is 294 g/mol. The number of alkyl halides is 1. The minimum atomic E-state index is -3.13. The Bertz CT molecular complexity index is 540. The van der Waals surface area contributed by atoms with Gasteiger partial charge in [-0.25, -0.2) is 8.42 Å². The first-order valence-electron chi connectivity index (χ1n) is 5.14. The summed E-state index contributed by atoms with van der Waals surface area (Å²) in [6.07, 6.45) is 1.94. The molecule has 1 aliphatic heterocycles. The molecule has 0 aromatic heterocycles. The molecule has 1 aromatic carbocycles. The Kier molecular flexibility index (Phi) is 3.57. The molecular formula is C11H12Cl2O3S. The fourth-order valence-corrected chi connectivity index (χ4v) is 3.70. The first-order chi connectivity index (χ1) is 7.87. The Morgan fingerprint density at radius 3 is 2.82 bits per heavy atom. The number of halogens is 2. The molecule has 6 heteroatoms. The predicted octanol–water partition coefficient (Wildman–Crippen LogP) is 2.60. The largest absolute Gasteiger partial charge is 0.493 e. The topological polar surface area (TPSA) is 43.4 Å². The van der Waals surface area contributed by atoms with Crippen LogP contribution in [-0.4, -0.2) is 27.0 Å². The van der Waals surface area contributed by atoms with E-state index >= 15 is 0 Å². The van der Waals surface area contributed by atoms with Gasteiger partial charge in [0.05, 0.1) is 17.7 Å². The van der Waals surface area contributed by atoms with Gasteiger partial charge in [-0.1, -0.05) is 11.6 Å². The molecule has 0 saturated heterocycles. The van der Waals surface area contributed by atoms with Gasteiger partial charge in [-0.15, -0.1) is 11.6 Å². The number of sulfone groups is 1. The number of rotatable bonds is 3. The fourth-order valence-electron chi connectivity index (χ4n) is 1.89. The van der Waals surface area contributed by atoms with E-state index in [1.165, 1.54) is 0 Å². The second kappa shape index (κ2) is 4.67. The summed E-state index contributed by atoms with van der Waals surface area (Å²) in [5, 5.41) is -0.0704. The lowest BCUT2D eigenvalue weighted by molar-refractivity contribution is 0.353. The Hall–Kier alpha value is -0.450. The van der Waals surface area contributed by atoms with Crippen molar-refractivity contribution in [3.05, 3.63) is 28.3 Å². The van der Waals surface area contributed by atoms with Crippen molar-refractivity contribution in [3.63, 3.8) is 0 Å². The summed E-state index contributed by atoms with van der Waals surface area (Å²) in [7, 11) is -3.13. The van der Waals surface area contributed by atoms with Gasteiger partial charge in [0.15, 0.2) is 0 Å². The zero-order valence-electron chi connectivity index (χ0n) is 9.24. The van der Waals surface area contributed by atoms with E-state index in [0.29, 0.717) is 22.9 Å². The summed E-state index contributed by atoms with van der Waals surface area (Å²) in [4.78, 5) is 0. The van der Waals surface area contributed by atoms with Crippen LogP contribution in [0.3, 0.4) is 0 Å². The summed E-state index contributed by atoms with van der Waals surface area (Å²) in [6, 6.07) is 3.51. The molecule has 0 fully saturated rings. The van der Waals surface area contributed by atoms with Crippen LogP contribution in [0.1, 0.15) is 16.5 Å². The molecule has 1 unspecified atom stereocenters. The number of hydrogen-bond acceptors (Lipinski definition) is 3. The summed E-state index contributed by atoms with van der Waals surface area (Å²) in [5.74, 6) is 0.572. The van der Waals surface area contributed by atoms with Crippen LogP contribution in [0, 0.1) is 0 Å². The lowest BCUT2D eigenvalue weighted by Crippen LogP contribution is -2.09. The summed E-state index contributed by atoms with van der Waals surface area (Å²) < 4.78 is 28.0. The van der Waals surface area contributed by atoms with Gasteiger partial charge in [0.25, 0.3) is 0 Å². The summed E-state index contributed by atoms with van der Waals surface area (Å²) in [6.45, 7) is 0.588. The smallest absolute Gasteiger partial charge is 0.149 e. The standard InChI is InChI=1S/C11H12Cl2O3S/c1-17(14,15)6-10(13)9-5-8(12)4-7-2-3-16-11(7)9/h4-5,10H,2-3,6H2,1H3. The van der Waals surface area contributed by atoms with Crippen molar-refractivity contribution in [2.45, 2.75) is 11.8 Å². The maximum Gasteiger partial charge on any atom is 0.149 e. The van der Waals surface area contributed by atoms with Crippen molar-refractivity contribution in [3.8, 4) is 5.75 Å². The molecule has 94 valence electrons. The molecule has 0 spiro atoms. The van der Waals surface area contributed by atoms with Crippen molar-refractivity contribution in [1.29, 1.82) is 0 Å². The lowest BCUT2D eigenvalue weighted by atomic mass is 10.1. The molecule has 0 bridgehead atoms. The Labute approximate surface area is 111 Å². The fraction of sp³-hybridized carbons (Fsp3) is 0.455. The molecule has 1 atom stereocenters. The van der Waals surface area contributed by atoms with Gasteiger partial charge in [-0.2, -0.15) is 0 Å². The molecule has 1 heterocycles. The van der Waals surface area contributed by atoms with Gasteiger partial charge in [-0.05, 0) is 17.7 Å². The van der Waals surface area contributed by atoms with Gasteiger partial charge in [0.2, 0.25) is 0 Å². The zero-order chi connectivity index (χ0) is 12.6. The van der Waals surface area contributed by atoms with Crippen molar-refractivity contribution >= 4 is 33.0 Å². The van der Waals surface area contributed by atoms with Crippen LogP contribution in [-0.2, 0) is 16.3 Å². The van der Waals surface area contributed by atoms with Crippen LogP contribution in [0.5, 0.6) is 5.75 Å². The van der Waals surface area contributed by atoms with Crippen molar-refractivity contribution < 1.29 is 13.2 Å². The third-order valence-corrected chi connectivity index (χ3v) is 4.29. The van der Waals surface area contributed by atoms with Gasteiger partial charge >= 0.3 is 0 Å². The number of ether oxygens (including phenoxy) is 1. The van der Waals surface area contributed by atoms with Crippen LogP contribution in [0.15, 0.2) is 12.1 Å². The highest BCUT2D eigenvalue weighted by Crippen LogP contribution is 2.39. The summed E-state index contributed by atoms with van der Waals surface area (Å²) >= 11 is 12.1. The molecule has 2 rings (SSSR count). The van der Waals surface area contributed by atoms with E-state index in [2.05, 4.69) is 0 Å². The molecule has 1 aromatic rings. The second-order valence-corrected chi connectivity index (χ2v) is 7.29. The first-order valence-corrected chi connectivity index (χ1v) is 8.01. The van der Waals surface area contributed by atoms with Gasteiger partial charge in [0, 0.05) is 23.3 Å². The van der Waals surface area contributed by atoms with Crippen molar-refractivity contribution in [1.82, 2.24) is 0 Å². The molecule has 1 aliphatic rings. The second-order valence-electron chi connectivity index (χ2n) is 4.14. The SMILES string of the molecule is CS(=O)(=O)CC(Cl)c1cc(Cl)cc2c1OCC2. The highest BCUT2D eigenvalue weighted by Gasteiger charge is 2.24. The third-order valence-electron chi connectivity index (χ3n) is 2.56. The van der Waals surface area contributed by atoms with E-state index in [1.807, 2.05) is 6.07 Å². The highest BCUT2D eigenvalue weighted by atomic mass is 35.5. The third kappa shape index (κ3) is 3.06. The van der Waals surface area contributed by atoms with E-state index < -0.39 is 15.2 Å². The van der Waals surface area contributed by atoms with E-state index in [1.54, 1.807) is 6.07 Å². The van der Waals surface area contributed by atoms with Crippen molar-refractivity contribution in [2.24, 2.45) is 0 Å². The van der Waals surface area contributed by atoms with Crippen LogP contribution in [0.4, 0.5) is 0 Å². The van der Waals surface area contributed by atoms with Gasteiger partial charge in [0.1, 0.15) is 15.6 Å². The van der Waals surface area contributed by atoms with E-state index in [0.717, 1.165) is 18.2 Å². The molecule has 0 aliphatic carbocycles. The van der Waals surface area contributed by atoms with E-state index in [9.17, 15) is 8.42 Å². The van der Waals surface area contributed by atoms with Crippen LogP contribution >= 0.6 is 23.2 Å². The first kappa shape index (κ1) is 13.0.